The van der Waals surface area contributed by atoms with Gasteiger partial charge in [-0.05, 0) is 37.3 Å². The van der Waals surface area contributed by atoms with Crippen LogP contribution in [-0.4, -0.2) is 52.1 Å². The van der Waals surface area contributed by atoms with E-state index >= 15 is 0 Å². The highest BCUT2D eigenvalue weighted by Crippen LogP contribution is 2.31. The smallest absolute Gasteiger partial charge is 0.222 e. The van der Waals surface area contributed by atoms with Crippen molar-refractivity contribution in [2.75, 3.05) is 26.8 Å². The first-order chi connectivity index (χ1) is 13.3. The summed E-state index contributed by atoms with van der Waals surface area (Å²) in [5.74, 6) is 2.27. The summed E-state index contributed by atoms with van der Waals surface area (Å²) in [4.78, 5) is 24.2. The number of hydrogen-bond donors (Lipinski definition) is 0. The first kappa shape index (κ1) is 18.4. The number of carbonyl (C=O) groups excluding carboxylic acids is 1. The molecule has 0 unspecified atom stereocenters. The first-order valence-electron chi connectivity index (χ1n) is 10.3. The summed E-state index contributed by atoms with van der Waals surface area (Å²) in [7, 11) is 1.72. The fourth-order valence-electron chi connectivity index (χ4n) is 4.66. The minimum Gasteiger partial charge on any atom is -0.383 e. The van der Waals surface area contributed by atoms with Gasteiger partial charge in [-0.25, -0.2) is 9.97 Å². The van der Waals surface area contributed by atoms with E-state index in [9.17, 15) is 4.79 Å². The Balaban J connectivity index is 1.47. The van der Waals surface area contributed by atoms with Gasteiger partial charge in [-0.3, -0.25) is 4.79 Å². The van der Waals surface area contributed by atoms with Crippen LogP contribution < -0.4 is 0 Å². The van der Waals surface area contributed by atoms with E-state index in [-0.39, 0.29) is 5.92 Å². The molecule has 6 nitrogen and oxygen atoms in total. The predicted octanol–water partition coefficient (Wildman–Crippen LogP) is 3.36. The van der Waals surface area contributed by atoms with Crippen molar-refractivity contribution in [3.8, 4) is 0 Å². The van der Waals surface area contributed by atoms with Gasteiger partial charge in [0.25, 0.3) is 0 Å². The van der Waals surface area contributed by atoms with Gasteiger partial charge in [0.05, 0.1) is 6.61 Å². The quantitative estimate of drug-likeness (QED) is 0.782. The number of hydrogen-bond acceptors (Lipinski definition) is 4. The average molecular weight is 370 g/mol. The monoisotopic (exact) mass is 370 g/mol. The number of amides is 1. The van der Waals surface area contributed by atoms with Crippen molar-refractivity contribution in [1.82, 2.24) is 19.4 Å². The van der Waals surface area contributed by atoms with Crippen LogP contribution in [0.15, 0.2) is 18.3 Å². The highest BCUT2D eigenvalue weighted by molar-refractivity contribution is 5.77. The highest BCUT2D eigenvalue weighted by atomic mass is 16.5. The molecule has 1 atom stereocenters. The molecule has 27 heavy (non-hydrogen) atoms. The van der Waals surface area contributed by atoms with Gasteiger partial charge in [0.15, 0.2) is 5.65 Å². The summed E-state index contributed by atoms with van der Waals surface area (Å²) < 4.78 is 7.46. The lowest BCUT2D eigenvalue weighted by molar-refractivity contribution is -0.131. The SMILES string of the molecule is COCCn1c([C@@H]2CCN(C(=O)CC3CCCCC3)C2)nc2cccnc21. The Hall–Kier alpha value is -1.95. The largest absolute Gasteiger partial charge is 0.383 e. The van der Waals surface area contributed by atoms with Gasteiger partial charge >= 0.3 is 0 Å². The van der Waals surface area contributed by atoms with Crippen LogP contribution in [0.3, 0.4) is 0 Å². The maximum atomic E-state index is 12.8. The van der Waals surface area contributed by atoms with Crippen molar-refractivity contribution in [3.63, 3.8) is 0 Å². The van der Waals surface area contributed by atoms with E-state index in [4.69, 9.17) is 9.72 Å². The standard InChI is InChI=1S/C21H30N4O2/c1-27-13-12-25-20(23-18-8-5-10-22-21(18)25)17-9-11-24(15-17)19(26)14-16-6-3-2-4-7-16/h5,8,10,16-17H,2-4,6-7,9,11-15H2,1H3/t17-/m1/s1. The van der Waals surface area contributed by atoms with Crippen molar-refractivity contribution < 1.29 is 9.53 Å². The number of nitrogens with zero attached hydrogens (tertiary/aromatic N) is 4. The van der Waals surface area contributed by atoms with Crippen LogP contribution in [-0.2, 0) is 16.1 Å². The third-order valence-electron chi connectivity index (χ3n) is 6.15. The summed E-state index contributed by atoms with van der Waals surface area (Å²) in [6.45, 7) is 3.00. The summed E-state index contributed by atoms with van der Waals surface area (Å²) in [5, 5.41) is 0. The van der Waals surface area contributed by atoms with Crippen molar-refractivity contribution in [2.45, 2.75) is 57.4 Å². The normalized spacial score (nSPS) is 21.2. The molecule has 146 valence electrons. The Morgan fingerprint density at radius 2 is 2.11 bits per heavy atom. The zero-order chi connectivity index (χ0) is 18.6. The van der Waals surface area contributed by atoms with Gasteiger partial charge in [-0.15, -0.1) is 0 Å². The van der Waals surface area contributed by atoms with Gasteiger partial charge in [0, 0.05) is 45.3 Å². The van der Waals surface area contributed by atoms with Crippen LogP contribution in [0.5, 0.6) is 0 Å². The van der Waals surface area contributed by atoms with Gasteiger partial charge in [0.2, 0.25) is 5.91 Å². The number of methoxy groups -OCH3 is 1. The second-order valence-electron chi connectivity index (χ2n) is 7.99. The molecule has 1 saturated carbocycles. The third-order valence-corrected chi connectivity index (χ3v) is 6.15. The number of carbonyl (C=O) groups is 1. The molecule has 0 bridgehead atoms. The molecule has 1 aliphatic heterocycles. The Kier molecular flexibility index (Phi) is 5.72. The van der Waals surface area contributed by atoms with Gasteiger partial charge < -0.3 is 14.2 Å². The van der Waals surface area contributed by atoms with Gasteiger partial charge in [0.1, 0.15) is 11.3 Å². The highest BCUT2D eigenvalue weighted by Gasteiger charge is 2.32. The average Bonchev–Trinajstić information content (AvgIpc) is 3.32. The van der Waals surface area contributed by atoms with Gasteiger partial charge in [-0.2, -0.15) is 0 Å². The molecule has 6 heteroatoms. The Labute approximate surface area is 160 Å². The molecule has 1 aliphatic carbocycles. The number of aromatic nitrogens is 3. The molecule has 2 fully saturated rings. The lowest BCUT2D eigenvalue weighted by atomic mass is 9.87. The zero-order valence-electron chi connectivity index (χ0n) is 16.3. The Bertz CT molecular complexity index is 782. The third kappa shape index (κ3) is 4.00. The topological polar surface area (TPSA) is 60.2 Å². The van der Waals surface area contributed by atoms with E-state index in [1.165, 1.54) is 32.1 Å². The van der Waals surface area contributed by atoms with Crippen LogP contribution in [0.25, 0.3) is 11.2 Å². The molecule has 1 saturated heterocycles. The second kappa shape index (κ2) is 8.38. The summed E-state index contributed by atoms with van der Waals surface area (Å²) in [6.07, 6.45) is 9.88. The summed E-state index contributed by atoms with van der Waals surface area (Å²) >= 11 is 0. The molecule has 2 aromatic rings. The maximum Gasteiger partial charge on any atom is 0.222 e. The minimum absolute atomic E-state index is 0.284. The van der Waals surface area contributed by atoms with Crippen LogP contribution in [0, 0.1) is 5.92 Å². The number of imidazole rings is 1. The van der Waals surface area contributed by atoms with Gasteiger partial charge in [-0.1, -0.05) is 19.3 Å². The summed E-state index contributed by atoms with van der Waals surface area (Å²) in [5.41, 5.74) is 1.84. The minimum atomic E-state index is 0.284. The number of rotatable bonds is 6. The predicted molar refractivity (Wildman–Crippen MR) is 105 cm³/mol. The molecule has 1 amide bonds. The first-order valence-corrected chi connectivity index (χ1v) is 10.3. The van der Waals surface area contributed by atoms with Crippen LogP contribution in [0.4, 0.5) is 0 Å². The van der Waals surface area contributed by atoms with E-state index in [1.807, 2.05) is 18.3 Å². The van der Waals surface area contributed by atoms with E-state index < -0.39 is 0 Å². The summed E-state index contributed by atoms with van der Waals surface area (Å²) in [6, 6.07) is 3.94. The molecule has 0 spiro atoms. The number of likely N-dealkylation sites (tertiary alicyclic amines) is 1. The van der Waals surface area contributed by atoms with Crippen LogP contribution in [0.1, 0.15) is 56.7 Å². The van der Waals surface area contributed by atoms with E-state index in [0.717, 1.165) is 49.5 Å². The fourth-order valence-corrected chi connectivity index (χ4v) is 4.66. The lowest BCUT2D eigenvalue weighted by Gasteiger charge is -2.24. The van der Waals surface area contributed by atoms with Crippen LogP contribution in [0.2, 0.25) is 0 Å². The van der Waals surface area contributed by atoms with Crippen molar-refractivity contribution in [3.05, 3.63) is 24.2 Å². The molecular weight excluding hydrogens is 340 g/mol. The molecule has 2 aliphatic rings. The molecule has 2 aromatic heterocycles. The second-order valence-corrected chi connectivity index (χ2v) is 7.99. The lowest BCUT2D eigenvalue weighted by Crippen LogP contribution is -2.30. The van der Waals surface area contributed by atoms with Crippen molar-refractivity contribution >= 4 is 17.1 Å². The van der Waals surface area contributed by atoms with E-state index in [2.05, 4.69) is 14.5 Å². The number of ether oxygens (including phenoxy) is 1. The van der Waals surface area contributed by atoms with E-state index in [1.54, 1.807) is 7.11 Å². The maximum absolute atomic E-state index is 12.8. The van der Waals surface area contributed by atoms with Crippen LogP contribution >= 0.6 is 0 Å². The Morgan fingerprint density at radius 1 is 1.26 bits per heavy atom. The molecule has 0 aromatic carbocycles. The van der Waals surface area contributed by atoms with E-state index in [0.29, 0.717) is 18.4 Å². The van der Waals surface area contributed by atoms with Crippen molar-refractivity contribution in [1.29, 1.82) is 0 Å². The molecule has 3 heterocycles. The zero-order valence-corrected chi connectivity index (χ0v) is 16.3. The molecular formula is C21H30N4O2. The molecule has 4 rings (SSSR count). The number of fused-ring (bicyclic) bond motifs is 1. The Morgan fingerprint density at radius 3 is 2.93 bits per heavy atom. The molecule has 0 radical (unpaired) electrons. The number of pyridine rings is 1. The van der Waals surface area contributed by atoms with Crippen molar-refractivity contribution in [2.24, 2.45) is 5.92 Å². The molecule has 0 N–H and O–H groups in total. The fraction of sp³-hybridized carbons (Fsp3) is 0.667.